The molecule has 106 valence electrons. The largest absolute Gasteiger partial charge is 0.354 e. The lowest BCUT2D eigenvalue weighted by Crippen LogP contribution is -2.35. The number of hydrogen-bond acceptors (Lipinski definition) is 3. The fourth-order valence-electron chi connectivity index (χ4n) is 1.96. The van der Waals surface area contributed by atoms with Gasteiger partial charge in [0.25, 0.3) is 0 Å². The Kier molecular flexibility index (Phi) is 6.53. The number of benzene rings is 1. The molecule has 0 fully saturated rings. The molecule has 2 unspecified atom stereocenters. The van der Waals surface area contributed by atoms with Crippen LogP contribution < -0.4 is 11.1 Å². The smallest absolute Gasteiger partial charge is 0.220 e. The third-order valence-corrected chi connectivity index (χ3v) is 3.24. The third kappa shape index (κ3) is 5.41. The van der Waals surface area contributed by atoms with E-state index in [1.54, 1.807) is 0 Å². The van der Waals surface area contributed by atoms with Crippen molar-refractivity contribution in [2.24, 2.45) is 11.7 Å². The highest BCUT2D eigenvalue weighted by Crippen LogP contribution is 2.16. The van der Waals surface area contributed by atoms with Crippen LogP contribution in [0.4, 0.5) is 0 Å². The zero-order valence-electron chi connectivity index (χ0n) is 12.1. The van der Waals surface area contributed by atoms with Gasteiger partial charge in [0, 0.05) is 13.0 Å². The highest BCUT2D eigenvalue weighted by molar-refractivity contribution is 5.76. The van der Waals surface area contributed by atoms with Crippen LogP contribution in [0.1, 0.15) is 24.9 Å². The van der Waals surface area contributed by atoms with Gasteiger partial charge >= 0.3 is 0 Å². The van der Waals surface area contributed by atoms with Gasteiger partial charge in [-0.05, 0) is 32.1 Å². The van der Waals surface area contributed by atoms with Crippen molar-refractivity contribution < 1.29 is 4.79 Å². The van der Waals surface area contributed by atoms with Crippen LogP contribution in [0.15, 0.2) is 30.3 Å². The SMILES string of the molecule is CC(CN)CC(=O)NCC(c1ccccc1)N(C)C. The molecule has 2 atom stereocenters. The third-order valence-electron chi connectivity index (χ3n) is 3.24. The van der Waals surface area contributed by atoms with Crippen molar-refractivity contribution in [1.29, 1.82) is 0 Å². The molecule has 0 spiro atoms. The Morgan fingerprint density at radius 1 is 1.32 bits per heavy atom. The molecular formula is C15H25N3O. The van der Waals surface area contributed by atoms with Crippen LogP contribution in [0.25, 0.3) is 0 Å². The summed E-state index contributed by atoms with van der Waals surface area (Å²) >= 11 is 0. The van der Waals surface area contributed by atoms with Crippen LogP contribution in [-0.4, -0.2) is 38.0 Å². The Morgan fingerprint density at radius 2 is 1.95 bits per heavy atom. The number of carbonyl (C=O) groups is 1. The molecule has 0 aliphatic heterocycles. The maximum absolute atomic E-state index is 11.8. The van der Waals surface area contributed by atoms with Crippen molar-refractivity contribution in [3.63, 3.8) is 0 Å². The fraction of sp³-hybridized carbons (Fsp3) is 0.533. The molecule has 0 bridgehead atoms. The molecule has 0 radical (unpaired) electrons. The quantitative estimate of drug-likeness (QED) is 0.781. The number of hydrogen-bond donors (Lipinski definition) is 2. The molecule has 19 heavy (non-hydrogen) atoms. The van der Waals surface area contributed by atoms with Crippen LogP contribution in [0.5, 0.6) is 0 Å². The van der Waals surface area contributed by atoms with E-state index in [1.165, 1.54) is 5.56 Å². The Labute approximate surface area is 116 Å². The Bertz CT molecular complexity index is 378. The molecule has 0 aliphatic carbocycles. The lowest BCUT2D eigenvalue weighted by molar-refractivity contribution is -0.122. The molecule has 0 saturated heterocycles. The maximum Gasteiger partial charge on any atom is 0.220 e. The molecule has 0 saturated carbocycles. The number of nitrogens with zero attached hydrogens (tertiary/aromatic N) is 1. The minimum Gasteiger partial charge on any atom is -0.354 e. The number of amides is 1. The molecule has 1 rings (SSSR count). The first kappa shape index (κ1) is 15.7. The molecule has 0 aliphatic rings. The molecule has 1 aromatic rings. The number of nitrogens with one attached hydrogen (secondary N) is 1. The predicted molar refractivity (Wildman–Crippen MR) is 78.7 cm³/mol. The summed E-state index contributed by atoms with van der Waals surface area (Å²) in [6.07, 6.45) is 0.492. The van der Waals surface area contributed by atoms with E-state index in [4.69, 9.17) is 5.73 Å². The predicted octanol–water partition coefficient (Wildman–Crippen LogP) is 1.39. The summed E-state index contributed by atoms with van der Waals surface area (Å²) < 4.78 is 0. The lowest BCUT2D eigenvalue weighted by atomic mass is 10.1. The van der Waals surface area contributed by atoms with Crippen LogP contribution in [-0.2, 0) is 4.79 Å². The van der Waals surface area contributed by atoms with E-state index in [2.05, 4.69) is 22.3 Å². The van der Waals surface area contributed by atoms with Crippen molar-refractivity contribution in [3.05, 3.63) is 35.9 Å². The minimum atomic E-state index is 0.0701. The first-order valence-electron chi connectivity index (χ1n) is 6.72. The van der Waals surface area contributed by atoms with Gasteiger partial charge in [-0.2, -0.15) is 0 Å². The molecule has 0 aromatic heterocycles. The van der Waals surface area contributed by atoms with E-state index in [0.29, 0.717) is 19.5 Å². The zero-order valence-corrected chi connectivity index (χ0v) is 12.1. The first-order chi connectivity index (χ1) is 9.04. The maximum atomic E-state index is 11.8. The van der Waals surface area contributed by atoms with E-state index in [-0.39, 0.29) is 17.9 Å². The summed E-state index contributed by atoms with van der Waals surface area (Å²) in [5, 5.41) is 2.99. The van der Waals surface area contributed by atoms with Crippen molar-refractivity contribution in [3.8, 4) is 0 Å². The van der Waals surface area contributed by atoms with Crippen LogP contribution in [0.2, 0.25) is 0 Å². The van der Waals surface area contributed by atoms with Gasteiger partial charge in [0.1, 0.15) is 0 Å². The van der Waals surface area contributed by atoms with Gasteiger partial charge < -0.3 is 16.0 Å². The van der Waals surface area contributed by atoms with Crippen molar-refractivity contribution in [1.82, 2.24) is 10.2 Å². The van der Waals surface area contributed by atoms with Gasteiger partial charge in [0.05, 0.1) is 6.04 Å². The Balaban J connectivity index is 2.54. The minimum absolute atomic E-state index is 0.0701. The van der Waals surface area contributed by atoms with Crippen molar-refractivity contribution in [2.45, 2.75) is 19.4 Å². The monoisotopic (exact) mass is 263 g/mol. The van der Waals surface area contributed by atoms with Gasteiger partial charge in [-0.3, -0.25) is 4.79 Å². The topological polar surface area (TPSA) is 58.4 Å². The van der Waals surface area contributed by atoms with Crippen LogP contribution >= 0.6 is 0 Å². The van der Waals surface area contributed by atoms with Gasteiger partial charge in [-0.1, -0.05) is 37.3 Å². The van der Waals surface area contributed by atoms with E-state index in [1.807, 2.05) is 39.2 Å². The molecule has 4 heteroatoms. The summed E-state index contributed by atoms with van der Waals surface area (Å²) in [5.41, 5.74) is 6.74. The summed E-state index contributed by atoms with van der Waals surface area (Å²) in [4.78, 5) is 13.9. The molecule has 1 amide bonds. The second-order valence-corrected chi connectivity index (χ2v) is 5.24. The van der Waals surface area contributed by atoms with E-state index < -0.39 is 0 Å². The van der Waals surface area contributed by atoms with E-state index in [9.17, 15) is 4.79 Å². The zero-order chi connectivity index (χ0) is 14.3. The molecule has 0 heterocycles. The summed E-state index contributed by atoms with van der Waals surface area (Å²) in [6.45, 7) is 3.15. The lowest BCUT2D eigenvalue weighted by Gasteiger charge is -2.25. The second kappa shape index (κ2) is 7.92. The molecule has 1 aromatic carbocycles. The molecule has 4 nitrogen and oxygen atoms in total. The fourth-order valence-corrected chi connectivity index (χ4v) is 1.96. The summed E-state index contributed by atoms with van der Waals surface area (Å²) in [7, 11) is 4.04. The normalized spacial score (nSPS) is 14.2. The van der Waals surface area contributed by atoms with Crippen LogP contribution in [0.3, 0.4) is 0 Å². The number of nitrogens with two attached hydrogens (primary N) is 1. The highest BCUT2D eigenvalue weighted by Gasteiger charge is 2.15. The average molecular weight is 263 g/mol. The van der Waals surface area contributed by atoms with Gasteiger partial charge in [-0.15, -0.1) is 0 Å². The van der Waals surface area contributed by atoms with Crippen molar-refractivity contribution >= 4 is 5.91 Å². The average Bonchev–Trinajstić information content (AvgIpc) is 2.39. The van der Waals surface area contributed by atoms with Gasteiger partial charge in [-0.25, -0.2) is 0 Å². The van der Waals surface area contributed by atoms with Gasteiger partial charge in [0.15, 0.2) is 0 Å². The summed E-state index contributed by atoms with van der Waals surface area (Å²) in [6, 6.07) is 10.4. The first-order valence-corrected chi connectivity index (χ1v) is 6.72. The van der Waals surface area contributed by atoms with Crippen molar-refractivity contribution in [2.75, 3.05) is 27.2 Å². The highest BCUT2D eigenvalue weighted by atomic mass is 16.1. The number of rotatable bonds is 7. The van der Waals surface area contributed by atoms with E-state index >= 15 is 0 Å². The number of carbonyl (C=O) groups excluding carboxylic acids is 1. The summed E-state index contributed by atoms with van der Waals surface area (Å²) in [5.74, 6) is 0.301. The second-order valence-electron chi connectivity index (χ2n) is 5.24. The van der Waals surface area contributed by atoms with E-state index in [0.717, 1.165) is 0 Å². The Morgan fingerprint density at radius 3 is 2.47 bits per heavy atom. The molecular weight excluding hydrogens is 238 g/mol. The van der Waals surface area contributed by atoms with Crippen LogP contribution in [0, 0.1) is 5.92 Å². The molecule has 3 N–H and O–H groups in total. The Hall–Kier alpha value is -1.39. The number of likely N-dealkylation sites (N-methyl/N-ethyl adjacent to an activating group) is 1. The standard InChI is InChI=1S/C15H25N3O/c1-12(10-16)9-15(19)17-11-14(18(2)3)13-7-5-4-6-8-13/h4-8,12,14H,9-11,16H2,1-3H3,(H,17,19). The van der Waals surface area contributed by atoms with Gasteiger partial charge in [0.2, 0.25) is 5.91 Å².